The van der Waals surface area contributed by atoms with Gasteiger partial charge >= 0.3 is 0 Å². The lowest BCUT2D eigenvalue weighted by molar-refractivity contribution is 0.0947. The number of hydrogen-bond acceptors (Lipinski definition) is 6. The molecular formula is C24H25N5O2. The minimum Gasteiger partial charge on any atom is -0.460 e. The van der Waals surface area contributed by atoms with Crippen LogP contribution >= 0.6 is 0 Å². The van der Waals surface area contributed by atoms with Gasteiger partial charge in [0.15, 0.2) is 5.82 Å². The highest BCUT2D eigenvalue weighted by molar-refractivity contribution is 5.96. The average molecular weight is 415 g/mol. The summed E-state index contributed by atoms with van der Waals surface area (Å²) < 4.78 is 7.09. The highest BCUT2D eigenvalue weighted by atomic mass is 16.3. The molecule has 7 nitrogen and oxygen atoms in total. The van der Waals surface area contributed by atoms with E-state index in [-0.39, 0.29) is 11.9 Å². The fourth-order valence-corrected chi connectivity index (χ4v) is 3.56. The molecule has 0 aliphatic rings. The number of furan rings is 1. The Morgan fingerprint density at radius 1 is 1.26 bits per heavy atom. The van der Waals surface area contributed by atoms with Crippen LogP contribution in [0.25, 0.3) is 11.0 Å². The number of nitrogen functional groups attached to an aromatic ring is 1. The molecule has 4 rings (SSSR count). The van der Waals surface area contributed by atoms with Crippen LogP contribution in [0.1, 0.15) is 33.1 Å². The number of anilines is 1. The standard InChI is InChI=1S/C24H25N5O2/c1-4-10-28(3)15-20-14-19-12-17(8-9-21(19)31-20)13-22-26-24(25)29(27-22)23(30)18-7-5-6-16(2)11-18/h4-9,11-12,14H,1,10,13,15H2,2-3H3,(H2,25,26,27). The van der Waals surface area contributed by atoms with Crippen LogP contribution in [0, 0.1) is 6.92 Å². The number of nitrogens with two attached hydrogens (primary N) is 1. The van der Waals surface area contributed by atoms with Crippen LogP contribution in [0.4, 0.5) is 5.95 Å². The molecule has 2 aromatic carbocycles. The van der Waals surface area contributed by atoms with Gasteiger partial charge in [0.2, 0.25) is 5.95 Å². The first-order chi connectivity index (χ1) is 14.9. The van der Waals surface area contributed by atoms with Gasteiger partial charge in [0.1, 0.15) is 11.3 Å². The second-order valence-electron chi connectivity index (χ2n) is 7.72. The molecule has 0 unspecified atom stereocenters. The van der Waals surface area contributed by atoms with E-state index in [9.17, 15) is 4.79 Å². The minimum absolute atomic E-state index is 0.0819. The number of likely N-dealkylation sites (N-methyl/N-ethyl adjacent to an activating group) is 1. The molecule has 31 heavy (non-hydrogen) atoms. The Labute approximate surface area is 180 Å². The van der Waals surface area contributed by atoms with E-state index >= 15 is 0 Å². The Kier molecular flexibility index (Phi) is 5.68. The molecule has 7 heteroatoms. The third-order valence-electron chi connectivity index (χ3n) is 4.99. The number of aromatic nitrogens is 3. The van der Waals surface area contributed by atoms with Crippen molar-refractivity contribution in [2.24, 2.45) is 0 Å². The Morgan fingerprint density at radius 2 is 2.10 bits per heavy atom. The van der Waals surface area contributed by atoms with E-state index in [1.807, 2.05) is 50.4 Å². The van der Waals surface area contributed by atoms with Crippen molar-refractivity contribution in [3.8, 4) is 0 Å². The van der Waals surface area contributed by atoms with Gasteiger partial charge in [-0.15, -0.1) is 11.7 Å². The molecule has 2 aromatic heterocycles. The summed E-state index contributed by atoms with van der Waals surface area (Å²) in [4.78, 5) is 19.2. The van der Waals surface area contributed by atoms with Crippen LogP contribution in [-0.2, 0) is 13.0 Å². The summed E-state index contributed by atoms with van der Waals surface area (Å²) in [5, 5.41) is 5.36. The van der Waals surface area contributed by atoms with Gasteiger partial charge in [-0.1, -0.05) is 29.8 Å². The average Bonchev–Trinajstić information content (AvgIpc) is 3.29. The molecule has 0 fully saturated rings. The lowest BCUT2D eigenvalue weighted by Crippen LogP contribution is -2.16. The van der Waals surface area contributed by atoms with Crippen molar-refractivity contribution in [1.29, 1.82) is 0 Å². The zero-order chi connectivity index (χ0) is 22.0. The molecular weight excluding hydrogens is 390 g/mol. The molecule has 2 N–H and O–H groups in total. The van der Waals surface area contributed by atoms with Crippen LogP contribution in [0.5, 0.6) is 0 Å². The summed E-state index contributed by atoms with van der Waals surface area (Å²) in [5.74, 6) is 1.18. The lowest BCUT2D eigenvalue weighted by atomic mass is 10.1. The number of carbonyl (C=O) groups is 1. The lowest BCUT2D eigenvalue weighted by Gasteiger charge is -2.11. The highest BCUT2D eigenvalue weighted by Crippen LogP contribution is 2.23. The first-order valence-electron chi connectivity index (χ1n) is 10.1. The Morgan fingerprint density at radius 3 is 2.87 bits per heavy atom. The maximum absolute atomic E-state index is 12.8. The summed E-state index contributed by atoms with van der Waals surface area (Å²) in [5.41, 5.74) is 9.34. The van der Waals surface area contributed by atoms with E-state index in [2.05, 4.69) is 27.6 Å². The molecule has 0 radical (unpaired) electrons. The van der Waals surface area contributed by atoms with E-state index in [1.54, 1.807) is 12.1 Å². The van der Waals surface area contributed by atoms with Gasteiger partial charge < -0.3 is 10.2 Å². The Balaban J connectivity index is 1.53. The van der Waals surface area contributed by atoms with Crippen LogP contribution in [0.15, 0.2) is 65.6 Å². The maximum Gasteiger partial charge on any atom is 0.281 e. The molecule has 0 aliphatic carbocycles. The number of carbonyl (C=O) groups excluding carboxylic acids is 1. The van der Waals surface area contributed by atoms with Gasteiger partial charge in [-0.05, 0) is 49.9 Å². The first kappa shape index (κ1) is 20.6. The second-order valence-corrected chi connectivity index (χ2v) is 7.72. The van der Waals surface area contributed by atoms with E-state index in [0.29, 0.717) is 24.4 Å². The summed E-state index contributed by atoms with van der Waals surface area (Å²) >= 11 is 0. The normalized spacial score (nSPS) is 11.3. The zero-order valence-electron chi connectivity index (χ0n) is 17.7. The van der Waals surface area contributed by atoms with Gasteiger partial charge in [-0.2, -0.15) is 9.67 Å². The number of benzene rings is 2. The SMILES string of the molecule is C=CCN(C)Cc1cc2cc(Cc3nc(N)n(C(=O)c4cccc(C)c4)n3)ccc2o1. The predicted molar refractivity (Wildman–Crippen MR) is 121 cm³/mol. The predicted octanol–water partition coefficient (Wildman–Crippen LogP) is 3.81. The fraction of sp³-hybridized carbons (Fsp3) is 0.208. The summed E-state index contributed by atoms with van der Waals surface area (Å²) in [7, 11) is 2.02. The molecule has 158 valence electrons. The van der Waals surface area contributed by atoms with Crippen molar-refractivity contribution in [3.05, 3.63) is 89.5 Å². The molecule has 0 spiro atoms. The van der Waals surface area contributed by atoms with Gasteiger partial charge in [-0.25, -0.2) is 0 Å². The van der Waals surface area contributed by atoms with Gasteiger partial charge in [0, 0.05) is 23.9 Å². The quantitative estimate of drug-likeness (QED) is 0.462. The molecule has 0 saturated carbocycles. The van der Waals surface area contributed by atoms with E-state index in [1.165, 1.54) is 0 Å². The number of aryl methyl sites for hydroxylation is 1. The monoisotopic (exact) mass is 415 g/mol. The van der Waals surface area contributed by atoms with Crippen molar-refractivity contribution in [2.45, 2.75) is 19.9 Å². The first-order valence-corrected chi connectivity index (χ1v) is 10.1. The summed E-state index contributed by atoms with van der Waals surface area (Å²) in [6, 6.07) is 15.3. The number of fused-ring (bicyclic) bond motifs is 1. The third kappa shape index (κ3) is 4.57. The van der Waals surface area contributed by atoms with Gasteiger partial charge in [-0.3, -0.25) is 9.69 Å². The van der Waals surface area contributed by atoms with Crippen molar-refractivity contribution in [3.63, 3.8) is 0 Å². The van der Waals surface area contributed by atoms with Crippen LogP contribution in [0.2, 0.25) is 0 Å². The van der Waals surface area contributed by atoms with Crippen LogP contribution in [-0.4, -0.2) is 39.2 Å². The topological polar surface area (TPSA) is 90.2 Å². The van der Waals surface area contributed by atoms with Crippen LogP contribution in [0.3, 0.4) is 0 Å². The van der Waals surface area contributed by atoms with Crippen molar-refractivity contribution in [2.75, 3.05) is 19.3 Å². The summed E-state index contributed by atoms with van der Waals surface area (Å²) in [6.07, 6.45) is 2.33. The second kappa shape index (κ2) is 8.57. The molecule has 0 atom stereocenters. The smallest absolute Gasteiger partial charge is 0.281 e. The molecule has 0 bridgehead atoms. The minimum atomic E-state index is -0.293. The molecule has 0 aliphatic heterocycles. The molecule has 2 heterocycles. The fourth-order valence-electron chi connectivity index (χ4n) is 3.56. The Bertz CT molecular complexity index is 1250. The van der Waals surface area contributed by atoms with E-state index in [4.69, 9.17) is 10.2 Å². The van der Waals surface area contributed by atoms with Gasteiger partial charge in [0.25, 0.3) is 5.91 Å². The van der Waals surface area contributed by atoms with Crippen molar-refractivity contribution >= 4 is 22.8 Å². The number of hydrogen-bond donors (Lipinski definition) is 1. The highest BCUT2D eigenvalue weighted by Gasteiger charge is 2.16. The summed E-state index contributed by atoms with van der Waals surface area (Å²) in [6.45, 7) is 7.19. The molecule has 0 saturated heterocycles. The zero-order valence-corrected chi connectivity index (χ0v) is 17.7. The Hall–Kier alpha value is -3.71. The largest absolute Gasteiger partial charge is 0.460 e. The van der Waals surface area contributed by atoms with Crippen LogP contribution < -0.4 is 5.73 Å². The third-order valence-corrected chi connectivity index (χ3v) is 4.99. The van der Waals surface area contributed by atoms with Crippen molar-refractivity contribution < 1.29 is 9.21 Å². The van der Waals surface area contributed by atoms with E-state index in [0.717, 1.165) is 39.1 Å². The van der Waals surface area contributed by atoms with E-state index < -0.39 is 0 Å². The van der Waals surface area contributed by atoms with Crippen molar-refractivity contribution in [1.82, 2.24) is 19.7 Å². The molecule has 4 aromatic rings. The van der Waals surface area contributed by atoms with Gasteiger partial charge in [0.05, 0.1) is 6.54 Å². The molecule has 0 amide bonds. The maximum atomic E-state index is 12.8. The number of nitrogens with zero attached hydrogens (tertiary/aromatic N) is 4. The number of rotatable bonds is 7.